The van der Waals surface area contributed by atoms with Crippen molar-refractivity contribution in [1.29, 1.82) is 0 Å². The summed E-state index contributed by atoms with van der Waals surface area (Å²) in [6, 6.07) is 1.22. The lowest BCUT2D eigenvalue weighted by Gasteiger charge is -2.11. The highest BCUT2D eigenvalue weighted by atomic mass is 35.5. The van der Waals surface area contributed by atoms with E-state index < -0.39 is 0 Å². The number of pyridine rings is 1. The minimum Gasteiger partial charge on any atom is -0.444 e. The van der Waals surface area contributed by atoms with Crippen molar-refractivity contribution in [3.8, 4) is 0 Å². The van der Waals surface area contributed by atoms with Gasteiger partial charge in [0.15, 0.2) is 0 Å². The Morgan fingerprint density at radius 3 is 2.70 bits per heavy atom. The van der Waals surface area contributed by atoms with Gasteiger partial charge in [-0.25, -0.2) is 9.97 Å². The summed E-state index contributed by atoms with van der Waals surface area (Å²) in [7, 11) is 1.71. The van der Waals surface area contributed by atoms with Crippen LogP contribution in [0.25, 0.3) is 0 Å². The van der Waals surface area contributed by atoms with Gasteiger partial charge in [0, 0.05) is 13.2 Å². The second-order valence-corrected chi connectivity index (χ2v) is 4.72. The Labute approximate surface area is 121 Å². The Bertz CT molecular complexity index is 627. The van der Waals surface area contributed by atoms with Crippen molar-refractivity contribution < 1.29 is 9.21 Å². The maximum absolute atomic E-state index is 12.1. The number of nitrogens with zero attached hydrogens (tertiary/aromatic N) is 2. The molecular formula is C13H15ClN4O2. The van der Waals surface area contributed by atoms with Crippen LogP contribution in [0.3, 0.4) is 0 Å². The van der Waals surface area contributed by atoms with Crippen LogP contribution in [0.2, 0.25) is 5.02 Å². The molecule has 2 aromatic rings. The fraction of sp³-hybridized carbons (Fsp3) is 0.308. The third-order valence-corrected chi connectivity index (χ3v) is 2.99. The van der Waals surface area contributed by atoms with Gasteiger partial charge in [-0.1, -0.05) is 11.6 Å². The smallest absolute Gasteiger partial charge is 0.253 e. The number of carbonyl (C=O) groups excluding carboxylic acids is 1. The lowest BCUT2D eigenvalue weighted by Crippen LogP contribution is -2.27. The lowest BCUT2D eigenvalue weighted by molar-refractivity contribution is 0.0933. The van der Waals surface area contributed by atoms with E-state index in [0.29, 0.717) is 28.1 Å². The third kappa shape index (κ3) is 3.08. The van der Waals surface area contributed by atoms with Crippen molar-refractivity contribution in [2.75, 3.05) is 12.4 Å². The van der Waals surface area contributed by atoms with Gasteiger partial charge in [0.25, 0.3) is 5.91 Å². The van der Waals surface area contributed by atoms with Crippen LogP contribution in [0.5, 0.6) is 0 Å². The van der Waals surface area contributed by atoms with Crippen LogP contribution < -0.4 is 10.6 Å². The van der Waals surface area contributed by atoms with Crippen LogP contribution in [0.4, 0.5) is 5.82 Å². The number of nitrogens with one attached hydrogen (secondary N) is 2. The van der Waals surface area contributed by atoms with Crippen molar-refractivity contribution >= 4 is 23.3 Å². The standard InChI is InChI=1S/C13H15ClN4O2/c1-7-5-17-13(20-7)8(2)18-12(19)9-4-10(14)11(15-3)16-6-9/h4-6,8H,1-3H3,(H,15,16)(H,18,19). The Hall–Kier alpha value is -2.08. The third-order valence-electron chi connectivity index (χ3n) is 2.70. The zero-order valence-electron chi connectivity index (χ0n) is 11.4. The maximum atomic E-state index is 12.1. The average molecular weight is 295 g/mol. The molecule has 0 saturated heterocycles. The number of hydrogen-bond acceptors (Lipinski definition) is 5. The summed E-state index contributed by atoms with van der Waals surface area (Å²) < 4.78 is 5.36. The van der Waals surface area contributed by atoms with Gasteiger partial charge in [-0.3, -0.25) is 4.79 Å². The van der Waals surface area contributed by atoms with Gasteiger partial charge >= 0.3 is 0 Å². The normalized spacial score (nSPS) is 12.0. The molecule has 0 spiro atoms. The number of aryl methyl sites for hydroxylation is 1. The van der Waals surface area contributed by atoms with Gasteiger partial charge in [-0.05, 0) is 19.9 Å². The van der Waals surface area contributed by atoms with Crippen LogP contribution in [0.1, 0.15) is 35.0 Å². The summed E-state index contributed by atoms with van der Waals surface area (Å²) in [5.41, 5.74) is 0.379. The number of aromatic nitrogens is 2. The first-order chi connectivity index (χ1) is 9.51. The van der Waals surface area contributed by atoms with Crippen molar-refractivity contribution in [3.63, 3.8) is 0 Å². The zero-order valence-corrected chi connectivity index (χ0v) is 12.2. The van der Waals surface area contributed by atoms with Crippen LogP contribution in [0, 0.1) is 6.92 Å². The molecule has 1 unspecified atom stereocenters. The van der Waals surface area contributed by atoms with Gasteiger partial charge in [0.05, 0.1) is 16.8 Å². The highest BCUT2D eigenvalue weighted by Crippen LogP contribution is 2.20. The highest BCUT2D eigenvalue weighted by Gasteiger charge is 2.16. The van der Waals surface area contributed by atoms with Crippen molar-refractivity contribution in [2.45, 2.75) is 19.9 Å². The minimum absolute atomic E-state index is 0.287. The Balaban J connectivity index is 2.10. The molecule has 1 atom stereocenters. The molecule has 20 heavy (non-hydrogen) atoms. The lowest BCUT2D eigenvalue weighted by atomic mass is 10.2. The Morgan fingerprint density at radius 1 is 1.40 bits per heavy atom. The molecule has 0 aliphatic carbocycles. The first-order valence-corrected chi connectivity index (χ1v) is 6.45. The Morgan fingerprint density at radius 2 is 2.15 bits per heavy atom. The van der Waals surface area contributed by atoms with E-state index in [1.807, 2.05) is 0 Å². The van der Waals surface area contributed by atoms with E-state index in [1.165, 1.54) is 6.20 Å². The van der Waals surface area contributed by atoms with E-state index >= 15 is 0 Å². The molecule has 0 aliphatic heterocycles. The summed E-state index contributed by atoms with van der Waals surface area (Å²) in [4.78, 5) is 20.2. The molecule has 0 aromatic carbocycles. The number of hydrogen-bond donors (Lipinski definition) is 2. The summed E-state index contributed by atoms with van der Waals surface area (Å²) in [6.45, 7) is 3.59. The zero-order chi connectivity index (χ0) is 14.7. The Kier molecular flexibility index (Phi) is 4.24. The molecule has 2 aromatic heterocycles. The summed E-state index contributed by atoms with van der Waals surface area (Å²) >= 11 is 5.99. The molecule has 2 heterocycles. The first-order valence-electron chi connectivity index (χ1n) is 6.07. The number of carbonyl (C=O) groups is 1. The fourth-order valence-electron chi connectivity index (χ4n) is 1.66. The molecule has 1 amide bonds. The molecule has 0 radical (unpaired) electrons. The van der Waals surface area contributed by atoms with E-state index in [9.17, 15) is 4.79 Å². The second-order valence-electron chi connectivity index (χ2n) is 4.31. The predicted octanol–water partition coefficient (Wildman–Crippen LogP) is 2.56. The van der Waals surface area contributed by atoms with E-state index in [4.69, 9.17) is 16.0 Å². The van der Waals surface area contributed by atoms with Crippen molar-refractivity contribution in [3.05, 3.63) is 40.7 Å². The van der Waals surface area contributed by atoms with Crippen molar-refractivity contribution in [1.82, 2.24) is 15.3 Å². The summed E-state index contributed by atoms with van der Waals surface area (Å²) in [5, 5.41) is 6.00. The van der Waals surface area contributed by atoms with E-state index in [2.05, 4.69) is 20.6 Å². The number of rotatable bonds is 4. The van der Waals surface area contributed by atoms with Crippen molar-refractivity contribution in [2.24, 2.45) is 0 Å². The highest BCUT2D eigenvalue weighted by molar-refractivity contribution is 6.33. The molecule has 0 bridgehead atoms. The van der Waals surface area contributed by atoms with Crippen LogP contribution in [0.15, 0.2) is 22.9 Å². The molecule has 0 aliphatic rings. The summed E-state index contributed by atoms with van der Waals surface area (Å²) in [6.07, 6.45) is 3.07. The second kappa shape index (κ2) is 5.92. The van der Waals surface area contributed by atoms with Gasteiger partial charge < -0.3 is 15.1 Å². The first kappa shape index (κ1) is 14.3. The molecule has 2 rings (SSSR count). The SMILES string of the molecule is CNc1ncc(C(=O)NC(C)c2ncc(C)o2)cc1Cl. The predicted molar refractivity (Wildman–Crippen MR) is 75.9 cm³/mol. The minimum atomic E-state index is -0.334. The molecule has 6 nitrogen and oxygen atoms in total. The topological polar surface area (TPSA) is 80.0 Å². The molecule has 0 fully saturated rings. The largest absolute Gasteiger partial charge is 0.444 e. The van der Waals surface area contributed by atoms with Gasteiger partial charge in [-0.15, -0.1) is 0 Å². The molecule has 0 saturated carbocycles. The maximum Gasteiger partial charge on any atom is 0.253 e. The van der Waals surface area contributed by atoms with E-state index in [-0.39, 0.29) is 11.9 Å². The van der Waals surface area contributed by atoms with Crippen LogP contribution in [-0.4, -0.2) is 22.9 Å². The molecular weight excluding hydrogens is 280 g/mol. The van der Waals surface area contributed by atoms with Gasteiger partial charge in [0.1, 0.15) is 17.6 Å². The number of oxazole rings is 1. The van der Waals surface area contributed by atoms with E-state index in [1.54, 1.807) is 33.2 Å². The fourth-order valence-corrected chi connectivity index (χ4v) is 1.92. The monoisotopic (exact) mass is 294 g/mol. The number of amides is 1. The van der Waals surface area contributed by atoms with Gasteiger partial charge in [-0.2, -0.15) is 0 Å². The van der Waals surface area contributed by atoms with Gasteiger partial charge in [0.2, 0.25) is 5.89 Å². The van der Waals surface area contributed by atoms with Crippen LogP contribution in [-0.2, 0) is 0 Å². The average Bonchev–Trinajstić information content (AvgIpc) is 2.85. The van der Waals surface area contributed by atoms with Crippen LogP contribution >= 0.6 is 11.6 Å². The molecule has 106 valence electrons. The summed E-state index contributed by atoms with van der Waals surface area (Å²) in [5.74, 6) is 1.40. The number of halogens is 1. The van der Waals surface area contributed by atoms with E-state index in [0.717, 1.165) is 0 Å². The quantitative estimate of drug-likeness (QED) is 0.906. The molecule has 7 heteroatoms. The molecule has 2 N–H and O–H groups in total. The number of anilines is 1.